The van der Waals surface area contributed by atoms with Crippen LogP contribution in [-0.2, 0) is 14.3 Å². The molecule has 0 saturated heterocycles. The van der Waals surface area contributed by atoms with Crippen LogP contribution in [0.15, 0.2) is 12.2 Å². The van der Waals surface area contributed by atoms with Crippen LogP contribution >= 0.6 is 0 Å². The zero-order chi connectivity index (χ0) is 13.5. The third-order valence-electron chi connectivity index (χ3n) is 3.06. The molecule has 0 aromatic rings. The van der Waals surface area contributed by atoms with E-state index >= 15 is 0 Å². The highest BCUT2D eigenvalue weighted by molar-refractivity contribution is 5.85. The van der Waals surface area contributed by atoms with E-state index in [1.54, 1.807) is 0 Å². The average molecular weight is 255 g/mol. The topological polar surface area (TPSA) is 75.6 Å². The van der Waals surface area contributed by atoms with Gasteiger partial charge in [-0.25, -0.2) is 0 Å². The molecule has 0 heterocycles. The Bertz CT molecular complexity index is 327. The zero-order valence-corrected chi connectivity index (χ0v) is 10.8. The second-order valence-electron chi connectivity index (χ2n) is 4.78. The summed E-state index contributed by atoms with van der Waals surface area (Å²) in [4.78, 5) is 22.8. The van der Waals surface area contributed by atoms with Crippen LogP contribution in [0.2, 0.25) is 0 Å². The highest BCUT2D eigenvalue weighted by Gasteiger charge is 2.37. The number of carbonyl (C=O) groups excluding carboxylic acids is 1. The summed E-state index contributed by atoms with van der Waals surface area (Å²) < 4.78 is 5.25. The van der Waals surface area contributed by atoms with Crippen molar-refractivity contribution in [2.75, 3.05) is 19.8 Å². The maximum atomic E-state index is 11.8. The van der Waals surface area contributed by atoms with E-state index in [-0.39, 0.29) is 11.8 Å². The Hall–Kier alpha value is -1.36. The minimum Gasteiger partial charge on any atom is -0.481 e. The fraction of sp³-hybridized carbons (Fsp3) is 0.692. The van der Waals surface area contributed by atoms with E-state index in [1.807, 2.05) is 6.92 Å². The first-order valence-corrected chi connectivity index (χ1v) is 6.25. The first-order chi connectivity index (χ1) is 8.52. The number of hydrogen-bond acceptors (Lipinski definition) is 3. The van der Waals surface area contributed by atoms with Gasteiger partial charge in [-0.2, -0.15) is 0 Å². The molecule has 1 aliphatic rings. The summed E-state index contributed by atoms with van der Waals surface area (Å²) in [7, 11) is 0. The lowest BCUT2D eigenvalue weighted by Crippen LogP contribution is -2.36. The van der Waals surface area contributed by atoms with Gasteiger partial charge in [0.2, 0.25) is 5.91 Å². The fourth-order valence-electron chi connectivity index (χ4n) is 2.19. The van der Waals surface area contributed by atoms with Gasteiger partial charge >= 0.3 is 5.97 Å². The number of carboxylic acids is 1. The van der Waals surface area contributed by atoms with E-state index in [0.717, 1.165) is 12.0 Å². The Morgan fingerprint density at radius 1 is 1.39 bits per heavy atom. The Morgan fingerprint density at radius 2 is 2.06 bits per heavy atom. The molecule has 0 unspecified atom stereocenters. The minimum atomic E-state index is -0.869. The quantitative estimate of drug-likeness (QED) is 0.529. The second kappa shape index (κ2) is 7.16. The normalized spacial score (nSPS) is 22.7. The molecule has 18 heavy (non-hydrogen) atoms. The number of carbonyl (C=O) groups is 2. The third-order valence-corrected chi connectivity index (χ3v) is 3.06. The molecule has 0 bridgehead atoms. The fourth-order valence-corrected chi connectivity index (χ4v) is 2.19. The van der Waals surface area contributed by atoms with Crippen LogP contribution in [0.4, 0.5) is 0 Å². The SMILES string of the molecule is C=C(C)COCCNC(=O)[C@@H]1CCC[C@@H]1C(=O)O. The predicted molar refractivity (Wildman–Crippen MR) is 67.1 cm³/mol. The molecule has 5 heteroatoms. The molecule has 1 rings (SSSR count). The molecule has 1 saturated carbocycles. The summed E-state index contributed by atoms with van der Waals surface area (Å²) in [5.41, 5.74) is 0.933. The molecule has 1 amide bonds. The van der Waals surface area contributed by atoms with Crippen molar-refractivity contribution in [3.05, 3.63) is 12.2 Å². The second-order valence-corrected chi connectivity index (χ2v) is 4.78. The van der Waals surface area contributed by atoms with Crippen LogP contribution in [0, 0.1) is 11.8 Å². The summed E-state index contributed by atoms with van der Waals surface area (Å²) in [5.74, 6) is -1.95. The van der Waals surface area contributed by atoms with Gasteiger partial charge in [-0.05, 0) is 19.8 Å². The van der Waals surface area contributed by atoms with Gasteiger partial charge in [0.25, 0.3) is 0 Å². The van der Waals surface area contributed by atoms with Gasteiger partial charge in [0.05, 0.1) is 25.0 Å². The van der Waals surface area contributed by atoms with Crippen molar-refractivity contribution in [3.8, 4) is 0 Å². The third kappa shape index (κ3) is 4.49. The number of hydrogen-bond donors (Lipinski definition) is 2. The molecule has 0 radical (unpaired) electrons. The maximum Gasteiger partial charge on any atom is 0.307 e. The largest absolute Gasteiger partial charge is 0.481 e. The number of carboxylic acid groups (broad SMARTS) is 1. The molecule has 2 atom stereocenters. The van der Waals surface area contributed by atoms with Crippen LogP contribution in [0.1, 0.15) is 26.2 Å². The van der Waals surface area contributed by atoms with Crippen molar-refractivity contribution >= 4 is 11.9 Å². The predicted octanol–water partition coefficient (Wildman–Crippen LogP) is 1.20. The molecule has 0 aromatic carbocycles. The Labute approximate surface area is 107 Å². The van der Waals surface area contributed by atoms with Crippen molar-refractivity contribution in [1.29, 1.82) is 0 Å². The van der Waals surface area contributed by atoms with E-state index in [1.165, 1.54) is 0 Å². The summed E-state index contributed by atoms with van der Waals surface area (Å²) >= 11 is 0. The van der Waals surface area contributed by atoms with E-state index in [4.69, 9.17) is 9.84 Å². The molecule has 0 aliphatic heterocycles. The van der Waals surface area contributed by atoms with Gasteiger partial charge in [-0.3, -0.25) is 9.59 Å². The van der Waals surface area contributed by atoms with Crippen molar-refractivity contribution < 1.29 is 19.4 Å². The monoisotopic (exact) mass is 255 g/mol. The smallest absolute Gasteiger partial charge is 0.307 e. The van der Waals surface area contributed by atoms with Crippen molar-refractivity contribution in [1.82, 2.24) is 5.32 Å². The van der Waals surface area contributed by atoms with E-state index < -0.39 is 11.9 Å². The van der Waals surface area contributed by atoms with Gasteiger partial charge in [0.1, 0.15) is 0 Å². The highest BCUT2D eigenvalue weighted by atomic mass is 16.5. The van der Waals surface area contributed by atoms with Crippen LogP contribution in [-0.4, -0.2) is 36.7 Å². The summed E-state index contributed by atoms with van der Waals surface area (Å²) in [6.07, 6.45) is 2.07. The summed E-state index contributed by atoms with van der Waals surface area (Å²) in [6, 6.07) is 0. The lowest BCUT2D eigenvalue weighted by molar-refractivity contribution is -0.146. The molecule has 1 fully saturated rings. The van der Waals surface area contributed by atoms with Gasteiger partial charge in [-0.15, -0.1) is 0 Å². The number of nitrogens with one attached hydrogen (secondary N) is 1. The summed E-state index contributed by atoms with van der Waals surface area (Å²) in [6.45, 7) is 6.89. The van der Waals surface area contributed by atoms with Gasteiger partial charge in [0, 0.05) is 6.54 Å². The molecule has 1 aliphatic carbocycles. The number of ether oxygens (including phenoxy) is 1. The summed E-state index contributed by atoms with van der Waals surface area (Å²) in [5, 5.41) is 11.7. The van der Waals surface area contributed by atoms with Crippen LogP contribution < -0.4 is 5.32 Å². The lowest BCUT2D eigenvalue weighted by atomic mass is 9.95. The number of amides is 1. The van der Waals surface area contributed by atoms with Crippen LogP contribution in [0.3, 0.4) is 0 Å². The van der Waals surface area contributed by atoms with Crippen molar-refractivity contribution in [2.45, 2.75) is 26.2 Å². The van der Waals surface area contributed by atoms with Crippen LogP contribution in [0.5, 0.6) is 0 Å². The zero-order valence-electron chi connectivity index (χ0n) is 10.8. The first-order valence-electron chi connectivity index (χ1n) is 6.25. The molecule has 2 N–H and O–H groups in total. The number of rotatable bonds is 7. The molecular formula is C13H21NO4. The molecular weight excluding hydrogens is 234 g/mol. The van der Waals surface area contributed by atoms with Crippen LogP contribution in [0.25, 0.3) is 0 Å². The Morgan fingerprint density at radius 3 is 2.67 bits per heavy atom. The average Bonchev–Trinajstić information content (AvgIpc) is 2.76. The lowest BCUT2D eigenvalue weighted by Gasteiger charge is -2.15. The highest BCUT2D eigenvalue weighted by Crippen LogP contribution is 2.31. The molecule has 0 aromatic heterocycles. The minimum absolute atomic E-state index is 0.168. The van der Waals surface area contributed by atoms with Crippen molar-refractivity contribution in [3.63, 3.8) is 0 Å². The Kier molecular flexibility index (Phi) is 5.85. The standard InChI is InChI=1S/C13H21NO4/c1-9(2)8-18-7-6-14-12(15)10-4-3-5-11(10)13(16)17/h10-11H,1,3-8H2,2H3,(H,14,15)(H,16,17)/t10-,11+/m1/s1. The van der Waals surface area contributed by atoms with Gasteiger partial charge < -0.3 is 15.2 Å². The molecule has 0 spiro atoms. The molecule has 5 nitrogen and oxygen atoms in total. The van der Waals surface area contributed by atoms with Gasteiger partial charge in [0.15, 0.2) is 0 Å². The van der Waals surface area contributed by atoms with E-state index in [2.05, 4.69) is 11.9 Å². The number of aliphatic carboxylic acids is 1. The molecule has 102 valence electrons. The van der Waals surface area contributed by atoms with Crippen molar-refractivity contribution in [2.24, 2.45) is 11.8 Å². The van der Waals surface area contributed by atoms with E-state index in [0.29, 0.717) is 32.6 Å². The maximum absolute atomic E-state index is 11.8. The first kappa shape index (κ1) is 14.7. The van der Waals surface area contributed by atoms with E-state index in [9.17, 15) is 9.59 Å². The Balaban J connectivity index is 2.24. The van der Waals surface area contributed by atoms with Gasteiger partial charge in [-0.1, -0.05) is 18.6 Å².